The van der Waals surface area contributed by atoms with E-state index in [9.17, 15) is 4.79 Å². The second-order valence-electron chi connectivity index (χ2n) is 3.35. The number of carbonyl (C=O) groups is 1. The topological polar surface area (TPSA) is 17.1 Å². The van der Waals surface area contributed by atoms with Crippen molar-refractivity contribution in [3.8, 4) is 0 Å². The Bertz CT molecular complexity index is 134. The van der Waals surface area contributed by atoms with E-state index in [1.165, 1.54) is 6.42 Å². The lowest BCUT2D eigenvalue weighted by atomic mass is 10.2. The number of rotatable bonds is 6. The van der Waals surface area contributed by atoms with E-state index in [4.69, 9.17) is 0 Å². The number of Topliss-reactive ketones (excluding diaryl/α,β-unsaturated/α-hetero) is 1. The van der Waals surface area contributed by atoms with Crippen LogP contribution in [-0.4, -0.2) is 16.8 Å². The molecule has 0 saturated carbocycles. The minimum atomic E-state index is 0.155. The van der Waals surface area contributed by atoms with Gasteiger partial charge in [-0.3, -0.25) is 4.79 Å². The summed E-state index contributed by atoms with van der Waals surface area (Å²) < 4.78 is 0. The molecular weight excluding hydrogens is 188 g/mol. The first-order valence-electron chi connectivity index (χ1n) is 4.32. The summed E-state index contributed by atoms with van der Waals surface area (Å²) in [5, 5.41) is 0.155. The first kappa shape index (κ1) is 12.4. The molecule has 0 saturated heterocycles. The summed E-state index contributed by atoms with van der Waals surface area (Å²) in [6.45, 7) is 8.06. The van der Waals surface area contributed by atoms with Crippen LogP contribution in [0.4, 0.5) is 0 Å². The van der Waals surface area contributed by atoms with Crippen molar-refractivity contribution in [3.63, 3.8) is 0 Å². The van der Waals surface area contributed by atoms with Crippen LogP contribution in [0.1, 0.15) is 34.1 Å². The number of carbonyl (C=O) groups excluding carboxylic acids is 1. The highest BCUT2D eigenvalue weighted by Crippen LogP contribution is 2.28. The molecule has 12 heavy (non-hydrogen) atoms. The Morgan fingerprint density at radius 2 is 1.92 bits per heavy atom. The van der Waals surface area contributed by atoms with E-state index >= 15 is 0 Å². The summed E-state index contributed by atoms with van der Waals surface area (Å²) in [5.41, 5.74) is 0. The highest BCUT2D eigenvalue weighted by atomic mass is 33.1. The first-order valence-corrected chi connectivity index (χ1v) is 6.71. The maximum Gasteiger partial charge on any atom is 0.143 e. The van der Waals surface area contributed by atoms with E-state index in [1.54, 1.807) is 17.7 Å². The summed E-state index contributed by atoms with van der Waals surface area (Å²) in [4.78, 5) is 10.8. The third kappa shape index (κ3) is 7.04. The molecule has 0 aliphatic rings. The lowest BCUT2D eigenvalue weighted by Gasteiger charge is -2.07. The van der Waals surface area contributed by atoms with Gasteiger partial charge in [-0.15, -0.1) is 0 Å². The van der Waals surface area contributed by atoms with Gasteiger partial charge in [-0.05, 0) is 26.2 Å². The molecule has 0 N–H and O–H groups in total. The zero-order valence-electron chi connectivity index (χ0n) is 8.29. The first-order chi connectivity index (χ1) is 5.54. The molecule has 0 aliphatic carbocycles. The zero-order chi connectivity index (χ0) is 9.56. The maximum atomic E-state index is 10.8. The van der Waals surface area contributed by atoms with Gasteiger partial charge in [-0.25, -0.2) is 0 Å². The van der Waals surface area contributed by atoms with Crippen molar-refractivity contribution in [1.29, 1.82) is 0 Å². The second-order valence-corrected chi connectivity index (χ2v) is 6.18. The Morgan fingerprint density at radius 3 is 2.33 bits per heavy atom. The molecule has 0 radical (unpaired) electrons. The summed E-state index contributed by atoms with van der Waals surface area (Å²) in [6.07, 6.45) is 1.24. The molecule has 0 aromatic carbocycles. The molecule has 0 spiro atoms. The van der Waals surface area contributed by atoms with E-state index < -0.39 is 0 Å². The monoisotopic (exact) mass is 206 g/mol. The predicted octanol–water partition coefficient (Wildman–Crippen LogP) is 3.39. The Balaban J connectivity index is 3.25. The highest BCUT2D eigenvalue weighted by molar-refractivity contribution is 8.77. The van der Waals surface area contributed by atoms with Gasteiger partial charge in [-0.1, -0.05) is 35.4 Å². The van der Waals surface area contributed by atoms with Crippen molar-refractivity contribution < 1.29 is 4.79 Å². The standard InChI is InChI=1S/C9H18OS2/c1-7(2)5-6-11-12-9(4)8(3)10/h7,9H,5-6H2,1-4H3. The van der Waals surface area contributed by atoms with Gasteiger partial charge in [0.15, 0.2) is 0 Å². The fourth-order valence-corrected chi connectivity index (χ4v) is 3.10. The number of hydrogen-bond acceptors (Lipinski definition) is 3. The van der Waals surface area contributed by atoms with Crippen molar-refractivity contribution in [2.45, 2.75) is 39.4 Å². The van der Waals surface area contributed by atoms with Crippen molar-refractivity contribution in [2.75, 3.05) is 5.75 Å². The Labute approximate surface area is 83.5 Å². The fourth-order valence-electron chi connectivity index (χ4n) is 0.502. The third-order valence-electron chi connectivity index (χ3n) is 1.56. The fraction of sp³-hybridized carbons (Fsp3) is 0.889. The minimum Gasteiger partial charge on any atom is -0.299 e. The van der Waals surface area contributed by atoms with Crippen molar-refractivity contribution in [2.24, 2.45) is 5.92 Å². The summed E-state index contributed by atoms with van der Waals surface area (Å²) in [7, 11) is 3.51. The zero-order valence-corrected chi connectivity index (χ0v) is 9.93. The molecule has 3 heteroatoms. The predicted molar refractivity (Wildman–Crippen MR) is 59.6 cm³/mol. The van der Waals surface area contributed by atoms with Crippen LogP contribution < -0.4 is 0 Å². The van der Waals surface area contributed by atoms with Crippen molar-refractivity contribution in [3.05, 3.63) is 0 Å². The molecule has 0 heterocycles. The molecule has 0 amide bonds. The van der Waals surface area contributed by atoms with Gasteiger partial charge in [0.2, 0.25) is 0 Å². The van der Waals surface area contributed by atoms with E-state index in [-0.39, 0.29) is 11.0 Å². The van der Waals surface area contributed by atoms with Crippen molar-refractivity contribution in [1.82, 2.24) is 0 Å². The van der Waals surface area contributed by atoms with Gasteiger partial charge in [0.25, 0.3) is 0 Å². The van der Waals surface area contributed by atoms with E-state index in [2.05, 4.69) is 13.8 Å². The molecule has 0 fully saturated rings. The van der Waals surface area contributed by atoms with Gasteiger partial charge in [-0.2, -0.15) is 0 Å². The maximum absolute atomic E-state index is 10.8. The van der Waals surface area contributed by atoms with Crippen molar-refractivity contribution >= 4 is 27.4 Å². The second kappa shape index (κ2) is 6.84. The smallest absolute Gasteiger partial charge is 0.143 e. The average molecular weight is 206 g/mol. The van der Waals surface area contributed by atoms with E-state index in [0.717, 1.165) is 11.7 Å². The quantitative estimate of drug-likeness (QED) is 0.490. The van der Waals surface area contributed by atoms with Crippen LogP contribution in [0.3, 0.4) is 0 Å². The van der Waals surface area contributed by atoms with E-state index in [0.29, 0.717) is 0 Å². The summed E-state index contributed by atoms with van der Waals surface area (Å²) in [5.74, 6) is 2.20. The molecule has 0 aromatic rings. The third-order valence-corrected chi connectivity index (χ3v) is 4.50. The Hall–Kier alpha value is 0.370. The number of ketones is 1. The number of hydrogen-bond donors (Lipinski definition) is 0. The summed E-state index contributed by atoms with van der Waals surface area (Å²) in [6, 6.07) is 0. The van der Waals surface area contributed by atoms with Gasteiger partial charge < -0.3 is 0 Å². The van der Waals surface area contributed by atoms with Gasteiger partial charge in [0, 0.05) is 5.75 Å². The average Bonchev–Trinajstić information content (AvgIpc) is 1.97. The molecule has 0 aliphatic heterocycles. The minimum absolute atomic E-state index is 0.155. The van der Waals surface area contributed by atoms with Crippen LogP contribution in [0.15, 0.2) is 0 Å². The van der Waals surface area contributed by atoms with Crippen LogP contribution >= 0.6 is 21.6 Å². The molecule has 0 bridgehead atoms. The molecule has 1 nitrogen and oxygen atoms in total. The van der Waals surface area contributed by atoms with Gasteiger partial charge in [0.1, 0.15) is 5.78 Å². The summed E-state index contributed by atoms with van der Waals surface area (Å²) >= 11 is 0. The van der Waals surface area contributed by atoms with Crippen LogP contribution in [0, 0.1) is 5.92 Å². The molecule has 0 rings (SSSR count). The van der Waals surface area contributed by atoms with Gasteiger partial charge in [0.05, 0.1) is 5.25 Å². The lowest BCUT2D eigenvalue weighted by Crippen LogP contribution is -2.06. The SMILES string of the molecule is CC(=O)C(C)SSCCC(C)C. The Morgan fingerprint density at radius 1 is 1.33 bits per heavy atom. The van der Waals surface area contributed by atoms with Crippen LogP contribution in [0.25, 0.3) is 0 Å². The molecular formula is C9H18OS2. The molecule has 72 valence electrons. The Kier molecular flexibility index (Phi) is 7.05. The lowest BCUT2D eigenvalue weighted by molar-refractivity contribution is -0.116. The molecule has 1 unspecified atom stereocenters. The van der Waals surface area contributed by atoms with Crippen LogP contribution in [-0.2, 0) is 4.79 Å². The van der Waals surface area contributed by atoms with Crippen LogP contribution in [0.2, 0.25) is 0 Å². The van der Waals surface area contributed by atoms with Gasteiger partial charge >= 0.3 is 0 Å². The normalized spacial score (nSPS) is 13.4. The van der Waals surface area contributed by atoms with Crippen LogP contribution in [0.5, 0.6) is 0 Å². The highest BCUT2D eigenvalue weighted by Gasteiger charge is 2.07. The largest absolute Gasteiger partial charge is 0.299 e. The molecule has 1 atom stereocenters. The molecule has 0 aromatic heterocycles. The van der Waals surface area contributed by atoms with E-state index in [1.807, 2.05) is 17.7 Å².